The molecule has 0 rings (SSSR count). The molecule has 0 heterocycles. The number of hydrogen-bond acceptors (Lipinski definition) is 1. The number of allylic oxidation sites excluding steroid dienone is 1. The smallest absolute Gasteiger partial charge is 0.0753 e. The summed E-state index contributed by atoms with van der Waals surface area (Å²) >= 11 is 0. The average molecular weight is 112 g/mol. The Morgan fingerprint density at radius 1 is 1.75 bits per heavy atom. The van der Waals surface area contributed by atoms with Crippen LogP contribution in [0, 0.1) is 13.8 Å². The largest absolute Gasteiger partial charge is 0.377 e. The molecule has 0 aromatic rings. The summed E-state index contributed by atoms with van der Waals surface area (Å²) in [5.74, 6) is 0. The van der Waals surface area contributed by atoms with Gasteiger partial charge >= 0.3 is 0 Å². The normalized spacial score (nSPS) is 14.9. The van der Waals surface area contributed by atoms with Crippen LogP contribution in [-0.4, -0.2) is 13.2 Å². The lowest BCUT2D eigenvalue weighted by molar-refractivity contribution is 0.175. The molecule has 0 aromatic heterocycles. The van der Waals surface area contributed by atoms with Crippen LogP contribution >= 0.6 is 0 Å². The van der Waals surface area contributed by atoms with Crippen LogP contribution in [0.25, 0.3) is 0 Å². The van der Waals surface area contributed by atoms with E-state index in [0.717, 1.165) is 6.42 Å². The first-order valence-corrected chi connectivity index (χ1v) is 2.63. The van der Waals surface area contributed by atoms with E-state index < -0.39 is 0 Å². The molecule has 0 aromatic carbocycles. The van der Waals surface area contributed by atoms with E-state index in [9.17, 15) is 0 Å². The van der Waals surface area contributed by atoms with E-state index in [1.807, 2.05) is 12.2 Å². The van der Waals surface area contributed by atoms with Crippen LogP contribution in [-0.2, 0) is 4.74 Å². The van der Waals surface area contributed by atoms with E-state index in [4.69, 9.17) is 4.74 Å². The molecule has 1 unspecified atom stereocenters. The molecule has 0 saturated carbocycles. The van der Waals surface area contributed by atoms with Crippen molar-refractivity contribution in [3.8, 4) is 0 Å². The van der Waals surface area contributed by atoms with Crippen LogP contribution in [0.1, 0.15) is 6.42 Å². The average Bonchev–Trinajstić information content (AvgIpc) is 1.83. The van der Waals surface area contributed by atoms with Crippen molar-refractivity contribution in [2.24, 2.45) is 0 Å². The van der Waals surface area contributed by atoms with Gasteiger partial charge in [0.15, 0.2) is 0 Å². The van der Waals surface area contributed by atoms with E-state index >= 15 is 0 Å². The fourth-order valence-electron chi connectivity index (χ4n) is 0.327. The van der Waals surface area contributed by atoms with E-state index in [1.165, 1.54) is 0 Å². The van der Waals surface area contributed by atoms with Crippen molar-refractivity contribution in [1.29, 1.82) is 0 Å². The van der Waals surface area contributed by atoms with Gasteiger partial charge in [-0.2, -0.15) is 0 Å². The van der Waals surface area contributed by atoms with Crippen molar-refractivity contribution in [2.45, 2.75) is 12.5 Å². The van der Waals surface area contributed by atoms with Crippen molar-refractivity contribution >= 4 is 0 Å². The second-order valence-corrected chi connectivity index (χ2v) is 1.49. The molecule has 0 amide bonds. The van der Waals surface area contributed by atoms with E-state index in [2.05, 4.69) is 13.8 Å². The van der Waals surface area contributed by atoms with Crippen molar-refractivity contribution in [3.63, 3.8) is 0 Å². The predicted octanol–water partition coefficient (Wildman–Crippen LogP) is 1.62. The molecule has 2 radical (unpaired) electrons. The molecule has 0 spiro atoms. The monoisotopic (exact) mass is 112 g/mol. The molecule has 1 nitrogen and oxygen atoms in total. The minimum Gasteiger partial charge on any atom is -0.377 e. The Labute approximate surface area is 51.4 Å². The van der Waals surface area contributed by atoms with Crippen LogP contribution in [0.3, 0.4) is 0 Å². The minimum atomic E-state index is -0.0169. The van der Waals surface area contributed by atoms with Gasteiger partial charge in [-0.25, -0.2) is 0 Å². The fourth-order valence-corrected chi connectivity index (χ4v) is 0.327. The van der Waals surface area contributed by atoms with E-state index in [-0.39, 0.29) is 6.10 Å². The lowest BCUT2D eigenvalue weighted by Gasteiger charge is -1.99. The molecule has 0 saturated heterocycles. The van der Waals surface area contributed by atoms with Crippen LogP contribution < -0.4 is 0 Å². The number of rotatable bonds is 3. The number of hydrogen-bond donors (Lipinski definition) is 0. The van der Waals surface area contributed by atoms with Crippen molar-refractivity contribution in [2.75, 3.05) is 7.11 Å². The molecule has 0 aliphatic carbocycles. The van der Waals surface area contributed by atoms with Gasteiger partial charge in [0, 0.05) is 7.11 Å². The van der Waals surface area contributed by atoms with Gasteiger partial charge in [-0.3, -0.25) is 0 Å². The highest BCUT2D eigenvalue weighted by Gasteiger charge is 1.86. The molecule has 0 bridgehead atoms. The summed E-state index contributed by atoms with van der Waals surface area (Å²) in [6.07, 6.45) is 4.60. The Morgan fingerprint density at radius 2 is 2.38 bits per heavy atom. The Morgan fingerprint density at radius 3 is 2.75 bits per heavy atom. The third kappa shape index (κ3) is 3.88. The lowest BCUT2D eigenvalue weighted by atomic mass is 10.3. The highest BCUT2D eigenvalue weighted by atomic mass is 16.5. The molecule has 8 heavy (non-hydrogen) atoms. The fraction of sp³-hybridized carbons (Fsp3) is 0.429. The predicted molar refractivity (Wildman–Crippen MR) is 35.3 cm³/mol. The third-order valence-corrected chi connectivity index (χ3v) is 0.820. The number of ether oxygens (including phenoxy) is 1. The third-order valence-electron chi connectivity index (χ3n) is 0.820. The zero-order chi connectivity index (χ0) is 6.41. The van der Waals surface area contributed by atoms with Crippen LogP contribution in [0.2, 0.25) is 0 Å². The summed E-state index contributed by atoms with van der Waals surface area (Å²) in [6.45, 7) is 7.28. The van der Waals surface area contributed by atoms with Crippen LogP contribution in [0.5, 0.6) is 0 Å². The molecule has 0 N–H and O–H groups in total. The summed E-state index contributed by atoms with van der Waals surface area (Å²) in [4.78, 5) is 0. The zero-order valence-corrected chi connectivity index (χ0v) is 5.26. The Hall–Kier alpha value is -0.300. The van der Waals surface area contributed by atoms with Crippen molar-refractivity contribution in [1.82, 2.24) is 0 Å². The Balaban J connectivity index is 3.21. The summed E-state index contributed by atoms with van der Waals surface area (Å²) < 4.78 is 4.83. The first-order chi connectivity index (χ1) is 3.81. The second-order valence-electron chi connectivity index (χ2n) is 1.49. The van der Waals surface area contributed by atoms with Crippen LogP contribution in [0.4, 0.5) is 0 Å². The first kappa shape index (κ1) is 7.70. The van der Waals surface area contributed by atoms with Crippen molar-refractivity contribution in [3.05, 3.63) is 26.0 Å². The lowest BCUT2D eigenvalue weighted by Crippen LogP contribution is -1.98. The van der Waals surface area contributed by atoms with Gasteiger partial charge in [0.2, 0.25) is 0 Å². The minimum absolute atomic E-state index is 0.0169. The highest BCUT2D eigenvalue weighted by molar-refractivity contribution is 4.90. The topological polar surface area (TPSA) is 9.23 Å². The highest BCUT2D eigenvalue weighted by Crippen LogP contribution is 1.89. The van der Waals surface area contributed by atoms with Gasteiger partial charge in [0.1, 0.15) is 0 Å². The SMILES string of the molecule is [CH2]CC=CC([CH2])OC. The van der Waals surface area contributed by atoms with Crippen LogP contribution in [0.15, 0.2) is 12.2 Å². The standard InChI is InChI=1S/C7H12O/c1-4-5-6-7(2)8-3/h5-7H,1-2,4H2,3H3. The maximum Gasteiger partial charge on any atom is 0.0753 e. The number of methoxy groups -OCH3 is 1. The molecule has 46 valence electrons. The zero-order valence-electron chi connectivity index (χ0n) is 5.26. The summed E-state index contributed by atoms with van der Waals surface area (Å²) in [7, 11) is 1.63. The van der Waals surface area contributed by atoms with Crippen molar-refractivity contribution < 1.29 is 4.74 Å². The molecular weight excluding hydrogens is 100 g/mol. The molecule has 1 atom stereocenters. The Bertz CT molecular complexity index is 66.8. The summed E-state index contributed by atoms with van der Waals surface area (Å²) in [5.41, 5.74) is 0. The van der Waals surface area contributed by atoms with Gasteiger partial charge in [-0.15, -0.1) is 0 Å². The second kappa shape index (κ2) is 4.85. The van der Waals surface area contributed by atoms with E-state index in [1.54, 1.807) is 7.11 Å². The maximum absolute atomic E-state index is 4.83. The molecule has 0 aliphatic rings. The van der Waals surface area contributed by atoms with Gasteiger partial charge < -0.3 is 4.74 Å². The van der Waals surface area contributed by atoms with Gasteiger partial charge in [-0.1, -0.05) is 12.2 Å². The molecule has 0 aliphatic heterocycles. The Kier molecular flexibility index (Phi) is 4.67. The summed E-state index contributed by atoms with van der Waals surface area (Å²) in [6, 6.07) is 0. The van der Waals surface area contributed by atoms with E-state index in [0.29, 0.717) is 0 Å². The molecular formula is C7H12O. The quantitative estimate of drug-likeness (QED) is 0.504. The molecule has 0 fully saturated rings. The maximum atomic E-state index is 4.83. The summed E-state index contributed by atoms with van der Waals surface area (Å²) in [5, 5.41) is 0. The van der Waals surface area contributed by atoms with Gasteiger partial charge in [-0.05, 0) is 20.3 Å². The molecule has 1 heteroatoms. The first-order valence-electron chi connectivity index (χ1n) is 2.63. The van der Waals surface area contributed by atoms with Gasteiger partial charge in [0.05, 0.1) is 6.10 Å². The van der Waals surface area contributed by atoms with Gasteiger partial charge in [0.25, 0.3) is 0 Å².